The van der Waals surface area contributed by atoms with Crippen LogP contribution >= 0.6 is 0 Å². The minimum atomic E-state index is -0.714. The fraction of sp³-hybridized carbons (Fsp3) is 0.562. The predicted molar refractivity (Wildman–Crippen MR) is 152 cm³/mol. The third-order valence-electron chi connectivity index (χ3n) is 8.76. The van der Waals surface area contributed by atoms with Crippen LogP contribution in [0.1, 0.15) is 57.1 Å². The van der Waals surface area contributed by atoms with Gasteiger partial charge in [-0.25, -0.2) is 0 Å². The highest BCUT2D eigenvalue weighted by atomic mass is 16.2. The van der Waals surface area contributed by atoms with Crippen LogP contribution in [0.4, 0.5) is 0 Å². The first-order valence-electron chi connectivity index (χ1n) is 14.6. The van der Waals surface area contributed by atoms with Gasteiger partial charge in [0.2, 0.25) is 11.8 Å². The summed E-state index contributed by atoms with van der Waals surface area (Å²) in [6, 6.07) is 20.9. The van der Waals surface area contributed by atoms with Crippen LogP contribution in [0, 0.1) is 5.92 Å². The van der Waals surface area contributed by atoms with E-state index in [0.717, 1.165) is 71.4 Å². The zero-order chi connectivity index (χ0) is 26.5. The minimum Gasteiger partial charge on any atom is -0.342 e. The maximum absolute atomic E-state index is 14.0. The van der Waals surface area contributed by atoms with Crippen molar-refractivity contribution in [2.24, 2.45) is 5.92 Å². The van der Waals surface area contributed by atoms with Gasteiger partial charge in [-0.2, -0.15) is 0 Å². The highest BCUT2D eigenvalue weighted by Crippen LogP contribution is 2.37. The van der Waals surface area contributed by atoms with Gasteiger partial charge in [-0.05, 0) is 62.1 Å². The van der Waals surface area contributed by atoms with Crippen LogP contribution in [0.25, 0.3) is 0 Å². The third-order valence-corrected chi connectivity index (χ3v) is 8.76. The van der Waals surface area contributed by atoms with Crippen LogP contribution in [-0.2, 0) is 22.6 Å². The molecule has 5 rings (SSSR count). The van der Waals surface area contributed by atoms with Crippen molar-refractivity contribution in [1.29, 1.82) is 0 Å². The number of benzene rings is 2. The summed E-state index contributed by atoms with van der Waals surface area (Å²) >= 11 is 0. The van der Waals surface area contributed by atoms with Crippen molar-refractivity contribution < 1.29 is 9.59 Å². The summed E-state index contributed by atoms with van der Waals surface area (Å²) in [5, 5.41) is 3.18. The van der Waals surface area contributed by atoms with Gasteiger partial charge in [-0.3, -0.25) is 14.5 Å². The standard InChI is InChI=1S/C32H44N4O2/c1-25(2)22-29-30(37)36(28-15-19-35(24-28)23-27-12-7-4-8-13-27)32(31(38)33-29)16-20-34(21-17-32)18-9-14-26-10-5-3-6-11-26/h3-8,10-13,25,28-29H,9,14-24H2,1-2H3,(H,33,38). The first kappa shape index (κ1) is 26.9. The molecule has 3 saturated heterocycles. The van der Waals surface area contributed by atoms with Crippen molar-refractivity contribution in [3.63, 3.8) is 0 Å². The number of hydrogen-bond acceptors (Lipinski definition) is 4. The minimum absolute atomic E-state index is 0.0770. The number of piperazine rings is 1. The van der Waals surface area contributed by atoms with E-state index in [1.807, 2.05) is 6.07 Å². The molecule has 3 aliphatic heterocycles. The Bertz CT molecular complexity index is 1070. The Balaban J connectivity index is 1.27. The van der Waals surface area contributed by atoms with E-state index in [4.69, 9.17) is 0 Å². The van der Waals surface area contributed by atoms with Crippen LogP contribution in [0.15, 0.2) is 60.7 Å². The number of amides is 2. The Morgan fingerprint density at radius 3 is 2.21 bits per heavy atom. The summed E-state index contributed by atoms with van der Waals surface area (Å²) in [5.41, 5.74) is 1.96. The molecule has 0 aliphatic carbocycles. The van der Waals surface area contributed by atoms with Gasteiger partial charge in [-0.1, -0.05) is 74.5 Å². The second kappa shape index (κ2) is 12.0. The third kappa shape index (κ3) is 5.97. The summed E-state index contributed by atoms with van der Waals surface area (Å²) in [4.78, 5) is 34.9. The van der Waals surface area contributed by atoms with Crippen molar-refractivity contribution in [3.05, 3.63) is 71.8 Å². The molecule has 3 heterocycles. The number of nitrogens with zero attached hydrogens (tertiary/aromatic N) is 3. The first-order valence-corrected chi connectivity index (χ1v) is 14.6. The first-order chi connectivity index (χ1) is 18.4. The van der Waals surface area contributed by atoms with Crippen LogP contribution < -0.4 is 5.32 Å². The van der Waals surface area contributed by atoms with Crippen molar-refractivity contribution in [2.75, 3.05) is 32.7 Å². The molecule has 38 heavy (non-hydrogen) atoms. The number of nitrogens with one attached hydrogen (secondary N) is 1. The van der Waals surface area contributed by atoms with Crippen molar-refractivity contribution in [2.45, 2.75) is 76.5 Å². The smallest absolute Gasteiger partial charge is 0.246 e. The monoisotopic (exact) mass is 516 g/mol. The number of likely N-dealkylation sites (tertiary alicyclic amines) is 2. The van der Waals surface area contributed by atoms with Gasteiger partial charge in [0, 0.05) is 38.8 Å². The van der Waals surface area contributed by atoms with E-state index < -0.39 is 11.6 Å². The lowest BCUT2D eigenvalue weighted by Crippen LogP contribution is -2.75. The molecule has 1 spiro atoms. The number of hydrogen-bond donors (Lipinski definition) is 1. The highest BCUT2D eigenvalue weighted by molar-refractivity contribution is 6.00. The molecule has 2 aromatic carbocycles. The molecular formula is C32H44N4O2. The lowest BCUT2D eigenvalue weighted by atomic mass is 9.79. The van der Waals surface area contributed by atoms with Gasteiger partial charge in [-0.15, -0.1) is 0 Å². The molecule has 1 N–H and O–H groups in total. The van der Waals surface area contributed by atoms with Crippen LogP contribution in [0.3, 0.4) is 0 Å². The average molecular weight is 517 g/mol. The molecule has 0 aromatic heterocycles. The Morgan fingerprint density at radius 2 is 1.55 bits per heavy atom. The van der Waals surface area contributed by atoms with Crippen molar-refractivity contribution in [3.8, 4) is 0 Å². The summed E-state index contributed by atoms with van der Waals surface area (Å²) in [7, 11) is 0. The van der Waals surface area contributed by atoms with Crippen LogP contribution in [-0.4, -0.2) is 76.9 Å². The Labute approximate surface area is 228 Å². The van der Waals surface area contributed by atoms with E-state index in [0.29, 0.717) is 12.3 Å². The Hall–Kier alpha value is -2.70. The second-order valence-electron chi connectivity index (χ2n) is 12.0. The van der Waals surface area contributed by atoms with E-state index in [2.05, 4.69) is 88.5 Å². The van der Waals surface area contributed by atoms with E-state index in [1.54, 1.807) is 0 Å². The number of carbonyl (C=O) groups is 2. The molecule has 2 unspecified atom stereocenters. The molecule has 3 fully saturated rings. The zero-order valence-electron chi connectivity index (χ0n) is 23.1. The molecule has 2 atom stereocenters. The topological polar surface area (TPSA) is 55.9 Å². The number of aryl methyl sites for hydroxylation is 1. The molecule has 204 valence electrons. The van der Waals surface area contributed by atoms with Gasteiger partial charge in [0.15, 0.2) is 0 Å². The summed E-state index contributed by atoms with van der Waals surface area (Å²) in [6.45, 7) is 9.70. The van der Waals surface area contributed by atoms with Gasteiger partial charge in [0.05, 0.1) is 0 Å². The van der Waals surface area contributed by atoms with Gasteiger partial charge in [0.1, 0.15) is 11.6 Å². The van der Waals surface area contributed by atoms with E-state index in [-0.39, 0.29) is 17.9 Å². The molecular weight excluding hydrogens is 472 g/mol. The summed E-state index contributed by atoms with van der Waals surface area (Å²) in [6.07, 6.45) is 5.26. The maximum Gasteiger partial charge on any atom is 0.246 e. The lowest BCUT2D eigenvalue weighted by molar-refractivity contribution is -0.165. The predicted octanol–water partition coefficient (Wildman–Crippen LogP) is 4.10. The molecule has 0 saturated carbocycles. The van der Waals surface area contributed by atoms with E-state index >= 15 is 0 Å². The zero-order valence-corrected chi connectivity index (χ0v) is 23.1. The molecule has 0 radical (unpaired) electrons. The van der Waals surface area contributed by atoms with Gasteiger partial charge >= 0.3 is 0 Å². The van der Waals surface area contributed by atoms with E-state index in [1.165, 1.54) is 11.1 Å². The quantitative estimate of drug-likeness (QED) is 0.545. The number of piperidine rings is 1. The molecule has 3 aliphatic rings. The fourth-order valence-electron chi connectivity index (χ4n) is 6.78. The maximum atomic E-state index is 14.0. The van der Waals surface area contributed by atoms with Crippen molar-refractivity contribution in [1.82, 2.24) is 20.0 Å². The second-order valence-corrected chi connectivity index (χ2v) is 12.0. The number of rotatable bonds is 9. The van der Waals surface area contributed by atoms with E-state index in [9.17, 15) is 9.59 Å². The van der Waals surface area contributed by atoms with Gasteiger partial charge in [0.25, 0.3) is 0 Å². The fourth-order valence-corrected chi connectivity index (χ4v) is 6.78. The molecule has 2 amide bonds. The molecule has 6 nitrogen and oxygen atoms in total. The number of carbonyl (C=O) groups excluding carboxylic acids is 2. The van der Waals surface area contributed by atoms with Gasteiger partial charge < -0.3 is 15.1 Å². The SMILES string of the molecule is CC(C)CC1NC(=O)C2(CCN(CCCc3ccccc3)CC2)N(C2CCN(Cc3ccccc3)C2)C1=O. The van der Waals surface area contributed by atoms with Crippen LogP contribution in [0.5, 0.6) is 0 Å². The van der Waals surface area contributed by atoms with Crippen molar-refractivity contribution >= 4 is 11.8 Å². The van der Waals surface area contributed by atoms with Crippen LogP contribution in [0.2, 0.25) is 0 Å². The molecule has 2 aromatic rings. The normalized spacial score (nSPS) is 24.3. The summed E-state index contributed by atoms with van der Waals surface area (Å²) < 4.78 is 0. The Kier molecular flexibility index (Phi) is 8.49. The largest absolute Gasteiger partial charge is 0.342 e. The Morgan fingerprint density at radius 1 is 0.895 bits per heavy atom. The molecule has 0 bridgehead atoms. The lowest BCUT2D eigenvalue weighted by Gasteiger charge is -2.54. The average Bonchev–Trinajstić information content (AvgIpc) is 3.37. The summed E-state index contributed by atoms with van der Waals surface area (Å²) in [5.74, 6) is 0.570. The molecule has 6 heteroatoms. The highest BCUT2D eigenvalue weighted by Gasteiger charge is 2.56.